The van der Waals surface area contributed by atoms with Crippen LogP contribution in [-0.4, -0.2) is 122 Å². The summed E-state index contributed by atoms with van der Waals surface area (Å²) in [4.78, 5) is 1.79. The van der Waals surface area contributed by atoms with E-state index in [1.807, 2.05) is 0 Å². The molecule has 0 bridgehead atoms. The summed E-state index contributed by atoms with van der Waals surface area (Å²) in [5, 5.41) is 25.5. The molecule has 0 fully saturated rings. The van der Waals surface area contributed by atoms with Crippen LogP contribution in [-0.2, 0) is 96.8 Å². The molecule has 0 rings (SSSR count). The Morgan fingerprint density at radius 3 is 0.686 bits per heavy atom. The van der Waals surface area contributed by atoms with Crippen LogP contribution in [0.2, 0.25) is 0 Å². The fraction of sp³-hybridized carbons (Fsp3) is 1.00. The summed E-state index contributed by atoms with van der Waals surface area (Å²) in [5.74, 6) is 0. The topological polar surface area (TPSA) is 400 Å². The fourth-order valence-electron chi connectivity index (χ4n) is 0.760. The molecule has 19 nitrogen and oxygen atoms in total. The minimum atomic E-state index is -5.17. The van der Waals surface area contributed by atoms with E-state index in [-0.39, 0.29) is 115 Å². The van der Waals surface area contributed by atoms with Gasteiger partial charge in [-0.2, -0.15) is 7.68 Å². The van der Waals surface area contributed by atoms with E-state index in [1.165, 1.54) is 0 Å². The zero-order chi connectivity index (χ0) is 22.2. The Balaban J connectivity index is -0.0000000132. The van der Waals surface area contributed by atoms with E-state index in [0.29, 0.717) is 19.6 Å². The monoisotopic (exact) mass is 855 g/mol. The van der Waals surface area contributed by atoms with Crippen LogP contribution in [0.3, 0.4) is 0 Å². The van der Waals surface area contributed by atoms with Crippen molar-refractivity contribution >= 4 is 68.3 Å². The largest absolute Gasteiger partial charge is 2.00 e. The Hall–Kier alpha value is 2.54. The van der Waals surface area contributed by atoms with Crippen LogP contribution in [0.15, 0.2) is 0 Å². The number of hydrogen-bond acceptors (Lipinski definition) is 14. The number of aliphatic hydroxyl groups is 3. The molecule has 13 N–H and O–H groups in total. The van der Waals surface area contributed by atoms with Crippen LogP contribution in [0.1, 0.15) is 0 Å². The predicted octanol–water partition coefficient (Wildman–Crippen LogP) is -5.92. The third kappa shape index (κ3) is 327. The first-order valence-corrected chi connectivity index (χ1v) is 9.25. The smallest absolute Gasteiger partial charge is 0.759 e. The van der Waals surface area contributed by atoms with Crippen molar-refractivity contribution in [1.29, 1.82) is 0 Å². The van der Waals surface area contributed by atoms with Crippen LogP contribution in [0.5, 0.6) is 0 Å². The van der Waals surface area contributed by atoms with Gasteiger partial charge in [-0.3, -0.25) is 21.7 Å². The summed E-state index contributed by atoms with van der Waals surface area (Å²) in [6.07, 6.45) is 0. The zero-order valence-electron chi connectivity index (χ0n) is 16.1. The van der Waals surface area contributed by atoms with Gasteiger partial charge in [0.25, 0.3) is 0 Å². The van der Waals surface area contributed by atoms with Crippen molar-refractivity contribution < 1.29 is 154 Å². The van der Waals surface area contributed by atoms with Crippen molar-refractivity contribution in [1.82, 2.24) is 4.90 Å². The molecule has 35 heavy (non-hydrogen) atoms. The van der Waals surface area contributed by atoms with Gasteiger partial charge in [0.2, 0.25) is 0 Å². The number of halogens is 4. The van der Waals surface area contributed by atoms with Crippen molar-refractivity contribution in [3.63, 3.8) is 0 Å². The minimum absolute atomic E-state index is 0. The Bertz CT molecular complexity index is 396. The van der Waals surface area contributed by atoms with E-state index in [1.54, 1.807) is 4.90 Å². The molecule has 29 heteroatoms. The molecule has 0 atom stereocenters. The van der Waals surface area contributed by atoms with Gasteiger partial charge in [0.15, 0.2) is 0 Å². The van der Waals surface area contributed by atoms with Crippen molar-refractivity contribution in [2.45, 2.75) is 0 Å². The molecular weight excluding hydrogens is 834 g/mol. The molecule has 242 valence electrons. The van der Waals surface area contributed by atoms with Crippen molar-refractivity contribution in [2.24, 2.45) is 0 Å². The molecule has 4 radical (unpaired) electrons. The standard InChI is InChI=1S/C6H15NO3.2Cl2O.4Cu.2H2O4S.5H2O/c8-4-1-7(2-5-9)3-6-10;2*1-3-2;;;;;2*1-5(2,3)4;;;;;/h8-10H,1-6H2;;;;;;;2*(H2,1,2,3,4);5*1H2/q;;;4*+2;;;;;;;/p-4. The second kappa shape index (κ2) is 70.8. The van der Waals surface area contributed by atoms with E-state index in [4.69, 9.17) is 50.4 Å². The summed E-state index contributed by atoms with van der Waals surface area (Å²) in [5.41, 5.74) is 0. The maximum atomic E-state index is 8.52. The summed E-state index contributed by atoms with van der Waals surface area (Å²) in [7, 11) is -10.3. The second-order valence-electron chi connectivity index (χ2n) is 2.95. The minimum Gasteiger partial charge on any atom is -0.759 e. The van der Waals surface area contributed by atoms with Gasteiger partial charge in [0.1, 0.15) is 0 Å². The van der Waals surface area contributed by atoms with E-state index < -0.39 is 20.8 Å². The molecule has 0 aliphatic carbocycles. The molecule has 0 aliphatic rings. The van der Waals surface area contributed by atoms with Gasteiger partial charge in [-0.1, -0.05) is 0 Å². The van der Waals surface area contributed by atoms with E-state index in [9.17, 15) is 0 Å². The van der Waals surface area contributed by atoms with Crippen LogP contribution in [0.4, 0.5) is 0 Å². The average Bonchev–Trinajstić information content (AvgIpc) is 2.37. The number of rotatable bonds is 6. The molecule has 0 saturated heterocycles. The van der Waals surface area contributed by atoms with Crippen LogP contribution < -0.4 is 0 Å². The third-order valence-corrected chi connectivity index (χ3v) is 1.25. The van der Waals surface area contributed by atoms with Crippen molar-refractivity contribution in [3.8, 4) is 0 Å². The Morgan fingerprint density at radius 2 is 0.629 bits per heavy atom. The van der Waals surface area contributed by atoms with Gasteiger partial charge in [-0.05, 0) is 0 Å². The van der Waals surface area contributed by atoms with E-state index >= 15 is 0 Å². The van der Waals surface area contributed by atoms with E-state index in [2.05, 4.69) is 55.1 Å². The summed E-state index contributed by atoms with van der Waals surface area (Å²) in [6.45, 7) is 1.75. The summed E-state index contributed by atoms with van der Waals surface area (Å²) < 4.78 is 74.6. The first-order valence-electron chi connectivity index (χ1n) is 5.35. The number of nitrogens with zero attached hydrogens (tertiary/aromatic N) is 1. The zero-order valence-corrected chi connectivity index (χ0v) is 24.6. The fourth-order valence-corrected chi connectivity index (χ4v) is 0.760. The molecule has 0 heterocycles. The molecule has 0 unspecified atom stereocenters. The average molecular weight is 859 g/mol. The SMILES string of the molecule is ClOCl.ClOCl.O.O.O.O.O.O=S(=O)([O-])[O-].O=S(=O)([O-])[O-].OCCN(CCO)CCO.[Cu+2].[Cu+2].[Cu+2].[Cu+2]. The van der Waals surface area contributed by atoms with Gasteiger partial charge >= 0.3 is 68.3 Å². The van der Waals surface area contributed by atoms with Crippen LogP contribution in [0.25, 0.3) is 0 Å². The maximum absolute atomic E-state index is 8.52. The normalized spacial score (nSPS) is 7.43. The molecule has 0 aromatic heterocycles. The Morgan fingerprint density at radius 1 is 0.543 bits per heavy atom. The molecule has 0 aromatic rings. The predicted molar refractivity (Wildman–Crippen MR) is 102 cm³/mol. The summed E-state index contributed by atoms with van der Waals surface area (Å²) in [6, 6.07) is 0. The van der Waals surface area contributed by atoms with Gasteiger partial charge < -0.3 is 60.9 Å². The Kier molecular flexibility index (Phi) is 183. The molecular formula is C6H25Cl4Cu4NO18S2+4. The quantitative estimate of drug-likeness (QED) is 0.127. The molecule has 0 saturated carbocycles. The molecule has 0 aromatic carbocycles. The molecule has 0 spiro atoms. The van der Waals surface area contributed by atoms with Crippen LogP contribution in [0, 0.1) is 0 Å². The first-order chi connectivity index (χ1) is 11.7. The Labute approximate surface area is 264 Å². The van der Waals surface area contributed by atoms with Crippen molar-refractivity contribution in [2.75, 3.05) is 39.5 Å². The first kappa shape index (κ1) is 90.5. The maximum Gasteiger partial charge on any atom is 2.00 e. The van der Waals surface area contributed by atoms with Gasteiger partial charge in [0.05, 0.1) is 67.3 Å². The number of aliphatic hydroxyl groups excluding tert-OH is 3. The summed E-state index contributed by atoms with van der Waals surface area (Å²) >= 11 is 17.1. The van der Waals surface area contributed by atoms with E-state index in [0.717, 1.165) is 0 Å². The number of hydrogen-bond donors (Lipinski definition) is 3. The molecule has 0 amide bonds. The van der Waals surface area contributed by atoms with Crippen molar-refractivity contribution in [3.05, 3.63) is 0 Å². The van der Waals surface area contributed by atoms with Gasteiger partial charge in [-0.15, -0.1) is 0 Å². The van der Waals surface area contributed by atoms with Gasteiger partial charge in [0, 0.05) is 40.4 Å². The third-order valence-electron chi connectivity index (χ3n) is 1.25. The van der Waals surface area contributed by atoms with Crippen LogP contribution >= 0.6 is 47.5 Å². The molecule has 0 aliphatic heterocycles. The van der Waals surface area contributed by atoms with Gasteiger partial charge in [-0.25, -0.2) is 0 Å². The second-order valence-corrected chi connectivity index (χ2v) is 5.51.